The van der Waals surface area contributed by atoms with Crippen LogP contribution in [0.4, 0.5) is 17.6 Å². The molecule has 0 fully saturated rings. The SMILES string of the molecule is CCCc1ccc(-c2ccc(-c3ccc(/C=C/C4=CC[C@H](CC)C(F)=C4F)cc3)c(F)c2F)cc1. The highest BCUT2D eigenvalue weighted by atomic mass is 19.2. The highest BCUT2D eigenvalue weighted by Crippen LogP contribution is 2.35. The molecule has 0 bridgehead atoms. The summed E-state index contributed by atoms with van der Waals surface area (Å²) in [4.78, 5) is 0. The van der Waals surface area contributed by atoms with E-state index in [1.165, 1.54) is 6.08 Å². The van der Waals surface area contributed by atoms with Crippen molar-refractivity contribution in [3.63, 3.8) is 0 Å². The van der Waals surface area contributed by atoms with Crippen molar-refractivity contribution >= 4 is 6.08 Å². The smallest absolute Gasteiger partial charge is 0.167 e. The summed E-state index contributed by atoms with van der Waals surface area (Å²) in [7, 11) is 0. The Bertz CT molecular complexity index is 1280. The van der Waals surface area contributed by atoms with Gasteiger partial charge in [0.05, 0.1) is 0 Å². The van der Waals surface area contributed by atoms with Gasteiger partial charge in [-0.3, -0.25) is 0 Å². The van der Waals surface area contributed by atoms with E-state index in [0.29, 0.717) is 24.0 Å². The quantitative estimate of drug-likeness (QED) is 0.298. The van der Waals surface area contributed by atoms with Crippen LogP contribution < -0.4 is 0 Å². The van der Waals surface area contributed by atoms with Crippen LogP contribution in [0.2, 0.25) is 0 Å². The van der Waals surface area contributed by atoms with Crippen LogP contribution in [0.1, 0.15) is 44.2 Å². The molecule has 3 aromatic carbocycles. The average molecular weight is 477 g/mol. The number of hydrogen-bond donors (Lipinski definition) is 0. The van der Waals surface area contributed by atoms with Crippen molar-refractivity contribution in [2.24, 2.45) is 5.92 Å². The van der Waals surface area contributed by atoms with Crippen molar-refractivity contribution in [3.05, 3.63) is 113 Å². The lowest BCUT2D eigenvalue weighted by atomic mass is 9.92. The van der Waals surface area contributed by atoms with Gasteiger partial charge >= 0.3 is 0 Å². The maximum atomic E-state index is 15.0. The van der Waals surface area contributed by atoms with Crippen molar-refractivity contribution in [2.75, 3.05) is 0 Å². The van der Waals surface area contributed by atoms with E-state index in [0.717, 1.165) is 24.0 Å². The standard InChI is InChI=1S/C31H28F4/c1-3-5-20-6-11-23(12-7-20)26-18-19-27(31(35)30(26)34)24-13-8-21(9-14-24)10-15-25-17-16-22(4-2)28(32)29(25)33/h6-15,17-19,22H,3-5,16H2,1-2H3/b15-10+/t22-/m0/s1. The lowest BCUT2D eigenvalue weighted by molar-refractivity contribution is 0.412. The minimum atomic E-state index is -0.899. The lowest BCUT2D eigenvalue weighted by Crippen LogP contribution is -2.05. The minimum absolute atomic E-state index is 0.168. The lowest BCUT2D eigenvalue weighted by Gasteiger charge is -2.17. The third kappa shape index (κ3) is 5.32. The van der Waals surface area contributed by atoms with E-state index < -0.39 is 29.2 Å². The van der Waals surface area contributed by atoms with Gasteiger partial charge in [0.1, 0.15) is 5.83 Å². The molecule has 3 aromatic rings. The second kappa shape index (κ2) is 10.9. The minimum Gasteiger partial charge on any atom is -0.208 e. The summed E-state index contributed by atoms with van der Waals surface area (Å²) in [6.45, 7) is 3.93. The van der Waals surface area contributed by atoms with Gasteiger partial charge in [-0.25, -0.2) is 17.6 Å². The van der Waals surface area contributed by atoms with Crippen molar-refractivity contribution < 1.29 is 17.6 Å². The van der Waals surface area contributed by atoms with Gasteiger partial charge in [0.15, 0.2) is 17.5 Å². The van der Waals surface area contributed by atoms with E-state index in [4.69, 9.17) is 0 Å². The Hall–Kier alpha value is -3.40. The number of halogens is 4. The molecular formula is C31H28F4. The van der Waals surface area contributed by atoms with Crippen molar-refractivity contribution in [1.82, 2.24) is 0 Å². The van der Waals surface area contributed by atoms with Gasteiger partial charge in [-0.15, -0.1) is 0 Å². The van der Waals surface area contributed by atoms with Crippen LogP contribution in [-0.2, 0) is 6.42 Å². The molecule has 4 heteroatoms. The third-order valence-corrected chi connectivity index (χ3v) is 6.50. The molecule has 35 heavy (non-hydrogen) atoms. The molecular weight excluding hydrogens is 448 g/mol. The van der Waals surface area contributed by atoms with Crippen LogP contribution in [0.5, 0.6) is 0 Å². The summed E-state index contributed by atoms with van der Waals surface area (Å²) in [5.74, 6) is -3.68. The number of rotatable bonds is 7. The molecule has 0 heterocycles. The predicted molar refractivity (Wildman–Crippen MR) is 136 cm³/mol. The topological polar surface area (TPSA) is 0 Å². The highest BCUT2D eigenvalue weighted by molar-refractivity contribution is 5.73. The maximum absolute atomic E-state index is 15.0. The molecule has 4 rings (SSSR count). The Kier molecular flexibility index (Phi) is 7.70. The Morgan fingerprint density at radius 2 is 1.31 bits per heavy atom. The molecule has 0 unspecified atom stereocenters. The first-order valence-electron chi connectivity index (χ1n) is 12.0. The molecule has 0 spiro atoms. The fraction of sp³-hybridized carbons (Fsp3) is 0.226. The van der Waals surface area contributed by atoms with Crippen LogP contribution in [0.15, 0.2) is 90.0 Å². The Morgan fingerprint density at radius 3 is 1.86 bits per heavy atom. The second-order valence-electron chi connectivity index (χ2n) is 8.85. The first-order valence-corrected chi connectivity index (χ1v) is 12.0. The van der Waals surface area contributed by atoms with Gasteiger partial charge in [0, 0.05) is 22.6 Å². The molecule has 0 nitrogen and oxygen atoms in total. The molecule has 0 amide bonds. The van der Waals surface area contributed by atoms with Gasteiger partial charge in [-0.05, 0) is 41.5 Å². The summed E-state index contributed by atoms with van der Waals surface area (Å²) in [6.07, 6.45) is 7.91. The highest BCUT2D eigenvalue weighted by Gasteiger charge is 2.22. The van der Waals surface area contributed by atoms with E-state index >= 15 is 0 Å². The van der Waals surface area contributed by atoms with Crippen LogP contribution >= 0.6 is 0 Å². The molecule has 0 saturated carbocycles. The molecule has 0 radical (unpaired) electrons. The Balaban J connectivity index is 1.53. The molecule has 1 aliphatic carbocycles. The van der Waals surface area contributed by atoms with E-state index in [2.05, 4.69) is 6.92 Å². The summed E-state index contributed by atoms with van der Waals surface area (Å²) >= 11 is 0. The first kappa shape index (κ1) is 24.7. The summed E-state index contributed by atoms with van der Waals surface area (Å²) < 4.78 is 58.3. The molecule has 1 atom stereocenters. The number of allylic oxidation sites excluding steroid dienone is 5. The van der Waals surface area contributed by atoms with Crippen molar-refractivity contribution in [2.45, 2.75) is 39.5 Å². The van der Waals surface area contributed by atoms with Crippen molar-refractivity contribution in [3.8, 4) is 22.3 Å². The Labute approximate surface area is 204 Å². The summed E-state index contributed by atoms with van der Waals surface area (Å²) in [5, 5.41) is 0. The normalized spacial score (nSPS) is 16.2. The molecule has 0 N–H and O–H groups in total. The zero-order valence-corrected chi connectivity index (χ0v) is 19.9. The van der Waals surface area contributed by atoms with Gasteiger partial charge in [0.2, 0.25) is 0 Å². The number of benzene rings is 3. The number of aryl methyl sites for hydroxylation is 1. The van der Waals surface area contributed by atoms with Gasteiger partial charge < -0.3 is 0 Å². The van der Waals surface area contributed by atoms with Crippen LogP contribution in [0.3, 0.4) is 0 Å². The molecule has 0 aliphatic heterocycles. The average Bonchev–Trinajstić information content (AvgIpc) is 2.88. The van der Waals surface area contributed by atoms with Crippen LogP contribution in [0, 0.1) is 17.6 Å². The van der Waals surface area contributed by atoms with E-state index in [9.17, 15) is 17.6 Å². The predicted octanol–water partition coefficient (Wildman–Crippen LogP) is 9.77. The zero-order valence-electron chi connectivity index (χ0n) is 19.9. The van der Waals surface area contributed by atoms with E-state index in [-0.39, 0.29) is 16.7 Å². The van der Waals surface area contributed by atoms with E-state index in [1.807, 2.05) is 31.2 Å². The number of hydrogen-bond acceptors (Lipinski definition) is 0. The summed E-state index contributed by atoms with van der Waals surface area (Å²) in [5.41, 5.74) is 3.68. The van der Waals surface area contributed by atoms with Gasteiger partial charge in [-0.2, -0.15) is 0 Å². The van der Waals surface area contributed by atoms with Crippen LogP contribution in [-0.4, -0.2) is 0 Å². The second-order valence-corrected chi connectivity index (χ2v) is 8.85. The molecule has 0 aromatic heterocycles. The van der Waals surface area contributed by atoms with Crippen molar-refractivity contribution in [1.29, 1.82) is 0 Å². The fourth-order valence-electron chi connectivity index (χ4n) is 4.36. The maximum Gasteiger partial charge on any atom is 0.167 e. The molecule has 1 aliphatic rings. The molecule has 0 saturated heterocycles. The molecule has 180 valence electrons. The zero-order chi connectivity index (χ0) is 24.9. The Morgan fingerprint density at radius 1 is 0.743 bits per heavy atom. The first-order chi connectivity index (χ1) is 16.9. The van der Waals surface area contributed by atoms with Crippen LogP contribution in [0.25, 0.3) is 28.3 Å². The van der Waals surface area contributed by atoms with Gasteiger partial charge in [0.25, 0.3) is 0 Å². The van der Waals surface area contributed by atoms with E-state index in [1.54, 1.807) is 48.6 Å². The fourth-order valence-corrected chi connectivity index (χ4v) is 4.36. The largest absolute Gasteiger partial charge is 0.208 e. The summed E-state index contributed by atoms with van der Waals surface area (Å²) in [6, 6.07) is 17.5. The van der Waals surface area contributed by atoms with Gasteiger partial charge in [-0.1, -0.05) is 99.2 Å². The third-order valence-electron chi connectivity index (χ3n) is 6.50. The monoisotopic (exact) mass is 476 g/mol.